The molecule has 0 aliphatic rings. The van der Waals surface area contributed by atoms with Gasteiger partial charge < -0.3 is 14.8 Å². The highest BCUT2D eigenvalue weighted by molar-refractivity contribution is 5.87. The molecule has 2 aromatic rings. The van der Waals surface area contributed by atoms with E-state index in [1.807, 2.05) is 0 Å². The number of carbonyl (C=O) groups is 1. The van der Waals surface area contributed by atoms with Gasteiger partial charge in [-0.25, -0.2) is 13.6 Å². The minimum Gasteiger partial charge on any atom is -0.428 e. The molecule has 1 aromatic heterocycles. The predicted octanol–water partition coefficient (Wildman–Crippen LogP) is 2.60. The number of hydrogen-bond donors (Lipinski definition) is 3. The normalized spacial score (nSPS) is 13.5. The van der Waals surface area contributed by atoms with Crippen LogP contribution in [0.15, 0.2) is 22.6 Å². The standard InChI is InChI=1S/C15H17F2N3O3/c1-8-9(2)23-14(19-8)20-13(21)18-7-15(3,22)11-5-4-10(16)6-12(11)17/h4-6,22H,7H2,1-3H3,(H2,18,19,20,21). The van der Waals surface area contributed by atoms with E-state index in [1.54, 1.807) is 13.8 Å². The number of amides is 2. The molecule has 0 spiro atoms. The molecular weight excluding hydrogens is 308 g/mol. The summed E-state index contributed by atoms with van der Waals surface area (Å²) in [4.78, 5) is 15.7. The molecule has 23 heavy (non-hydrogen) atoms. The van der Waals surface area contributed by atoms with E-state index in [0.717, 1.165) is 12.1 Å². The molecule has 0 aliphatic carbocycles. The summed E-state index contributed by atoms with van der Waals surface area (Å²) in [7, 11) is 0. The van der Waals surface area contributed by atoms with Crippen LogP contribution < -0.4 is 10.6 Å². The quantitative estimate of drug-likeness (QED) is 0.806. The SMILES string of the molecule is Cc1nc(NC(=O)NCC(C)(O)c2ccc(F)cc2F)oc1C. The number of hydrogen-bond acceptors (Lipinski definition) is 4. The van der Waals surface area contributed by atoms with Gasteiger partial charge in [0, 0.05) is 11.6 Å². The van der Waals surface area contributed by atoms with Gasteiger partial charge in [-0.3, -0.25) is 5.32 Å². The lowest BCUT2D eigenvalue weighted by atomic mass is 9.95. The molecule has 0 bridgehead atoms. The minimum atomic E-state index is -1.71. The second-order valence-corrected chi connectivity index (χ2v) is 5.37. The summed E-state index contributed by atoms with van der Waals surface area (Å²) in [6, 6.07) is 2.18. The van der Waals surface area contributed by atoms with Crippen molar-refractivity contribution in [1.29, 1.82) is 0 Å². The maximum absolute atomic E-state index is 13.7. The molecule has 6 nitrogen and oxygen atoms in total. The molecule has 0 aliphatic heterocycles. The number of oxazole rings is 1. The number of aryl methyl sites for hydroxylation is 2. The monoisotopic (exact) mass is 325 g/mol. The Balaban J connectivity index is 1.99. The van der Waals surface area contributed by atoms with Crippen LogP contribution in [0.5, 0.6) is 0 Å². The Kier molecular flexibility index (Phi) is 4.65. The number of nitrogens with zero attached hydrogens (tertiary/aromatic N) is 1. The Hall–Kier alpha value is -2.48. The van der Waals surface area contributed by atoms with Crippen molar-refractivity contribution in [2.45, 2.75) is 26.4 Å². The van der Waals surface area contributed by atoms with E-state index in [1.165, 1.54) is 6.92 Å². The first-order chi connectivity index (χ1) is 10.7. The molecule has 1 unspecified atom stereocenters. The van der Waals surface area contributed by atoms with Crippen molar-refractivity contribution in [2.24, 2.45) is 0 Å². The van der Waals surface area contributed by atoms with E-state index in [2.05, 4.69) is 15.6 Å². The van der Waals surface area contributed by atoms with Gasteiger partial charge >= 0.3 is 12.0 Å². The van der Waals surface area contributed by atoms with E-state index in [-0.39, 0.29) is 18.1 Å². The maximum Gasteiger partial charge on any atom is 0.322 e. The van der Waals surface area contributed by atoms with Crippen molar-refractivity contribution in [1.82, 2.24) is 10.3 Å². The van der Waals surface area contributed by atoms with Gasteiger partial charge in [0.2, 0.25) is 0 Å². The molecule has 0 saturated carbocycles. The van der Waals surface area contributed by atoms with Gasteiger partial charge in [0.15, 0.2) is 0 Å². The van der Waals surface area contributed by atoms with Crippen LogP contribution in [0.25, 0.3) is 0 Å². The Morgan fingerprint density at radius 3 is 2.65 bits per heavy atom. The molecule has 8 heteroatoms. The summed E-state index contributed by atoms with van der Waals surface area (Å²) in [5.41, 5.74) is -1.19. The minimum absolute atomic E-state index is 0.0186. The smallest absolute Gasteiger partial charge is 0.322 e. The van der Waals surface area contributed by atoms with E-state index in [9.17, 15) is 18.7 Å². The van der Waals surface area contributed by atoms with Gasteiger partial charge in [-0.1, -0.05) is 6.07 Å². The van der Waals surface area contributed by atoms with Crippen molar-refractivity contribution in [3.63, 3.8) is 0 Å². The number of carbonyl (C=O) groups excluding carboxylic acids is 1. The van der Waals surface area contributed by atoms with Crippen LogP contribution >= 0.6 is 0 Å². The highest BCUT2D eigenvalue weighted by atomic mass is 19.1. The van der Waals surface area contributed by atoms with Crippen LogP contribution in [0.2, 0.25) is 0 Å². The molecule has 0 radical (unpaired) electrons. The Bertz CT molecular complexity index is 709. The topological polar surface area (TPSA) is 87.4 Å². The Labute approximate surface area is 131 Å². The van der Waals surface area contributed by atoms with Crippen molar-refractivity contribution < 1.29 is 23.1 Å². The number of halogens is 2. The molecule has 2 amide bonds. The summed E-state index contributed by atoms with van der Waals surface area (Å²) in [6.07, 6.45) is 0. The lowest BCUT2D eigenvalue weighted by molar-refractivity contribution is 0.0560. The van der Waals surface area contributed by atoms with Crippen LogP contribution in [0.1, 0.15) is 23.9 Å². The van der Waals surface area contributed by atoms with Crippen molar-refractivity contribution in [3.05, 3.63) is 46.9 Å². The Morgan fingerprint density at radius 2 is 2.09 bits per heavy atom. The van der Waals surface area contributed by atoms with Gasteiger partial charge in [0.05, 0.1) is 12.2 Å². The largest absolute Gasteiger partial charge is 0.428 e. The summed E-state index contributed by atoms with van der Waals surface area (Å²) in [6.45, 7) is 4.45. The third-order valence-corrected chi connectivity index (χ3v) is 3.35. The molecule has 1 heterocycles. The summed E-state index contributed by atoms with van der Waals surface area (Å²) in [5.74, 6) is -1.07. The van der Waals surface area contributed by atoms with E-state index >= 15 is 0 Å². The van der Waals surface area contributed by atoms with Crippen molar-refractivity contribution >= 4 is 12.0 Å². The summed E-state index contributed by atoms with van der Waals surface area (Å²) < 4.78 is 31.8. The van der Waals surface area contributed by atoms with Gasteiger partial charge in [0.25, 0.3) is 0 Å². The number of nitrogens with one attached hydrogen (secondary N) is 2. The average molecular weight is 325 g/mol. The molecule has 0 fully saturated rings. The van der Waals surface area contributed by atoms with Crippen LogP contribution in [-0.4, -0.2) is 22.7 Å². The van der Waals surface area contributed by atoms with Crippen LogP contribution in [0.3, 0.4) is 0 Å². The Morgan fingerprint density at radius 1 is 1.39 bits per heavy atom. The zero-order valence-electron chi connectivity index (χ0n) is 12.9. The van der Waals surface area contributed by atoms with Crippen LogP contribution in [-0.2, 0) is 5.60 Å². The third-order valence-electron chi connectivity index (χ3n) is 3.35. The highest BCUT2D eigenvalue weighted by Crippen LogP contribution is 2.23. The zero-order valence-corrected chi connectivity index (χ0v) is 12.9. The fourth-order valence-electron chi connectivity index (χ4n) is 1.94. The molecule has 3 N–H and O–H groups in total. The number of urea groups is 1. The van der Waals surface area contributed by atoms with E-state index < -0.39 is 23.3 Å². The van der Waals surface area contributed by atoms with Gasteiger partial charge in [-0.2, -0.15) is 4.98 Å². The van der Waals surface area contributed by atoms with Crippen molar-refractivity contribution in [3.8, 4) is 0 Å². The highest BCUT2D eigenvalue weighted by Gasteiger charge is 2.27. The van der Waals surface area contributed by atoms with E-state index in [4.69, 9.17) is 4.42 Å². The first-order valence-electron chi connectivity index (χ1n) is 6.86. The first-order valence-corrected chi connectivity index (χ1v) is 6.86. The van der Waals surface area contributed by atoms with Gasteiger partial charge in [0.1, 0.15) is 23.0 Å². The molecule has 124 valence electrons. The number of aromatic nitrogens is 1. The second kappa shape index (κ2) is 6.33. The molecule has 2 rings (SSSR count). The maximum atomic E-state index is 13.7. The fraction of sp³-hybridized carbons (Fsp3) is 0.333. The predicted molar refractivity (Wildman–Crippen MR) is 78.9 cm³/mol. The fourth-order valence-corrected chi connectivity index (χ4v) is 1.94. The number of anilines is 1. The number of rotatable bonds is 4. The van der Waals surface area contributed by atoms with Gasteiger partial charge in [-0.05, 0) is 26.8 Å². The first kappa shape index (κ1) is 16.9. The molecule has 0 saturated heterocycles. The second-order valence-electron chi connectivity index (χ2n) is 5.37. The van der Waals surface area contributed by atoms with Crippen molar-refractivity contribution in [2.75, 3.05) is 11.9 Å². The van der Waals surface area contributed by atoms with Gasteiger partial charge in [-0.15, -0.1) is 0 Å². The average Bonchev–Trinajstić information content (AvgIpc) is 2.74. The molecule has 1 aromatic carbocycles. The number of benzene rings is 1. The lowest BCUT2D eigenvalue weighted by Crippen LogP contribution is -2.41. The van der Waals surface area contributed by atoms with E-state index in [0.29, 0.717) is 17.5 Å². The van der Waals surface area contributed by atoms with Crippen LogP contribution in [0, 0.1) is 25.5 Å². The molecule has 1 atom stereocenters. The third kappa shape index (κ3) is 4.04. The number of aliphatic hydroxyl groups is 1. The zero-order chi connectivity index (χ0) is 17.2. The van der Waals surface area contributed by atoms with Crippen LogP contribution in [0.4, 0.5) is 19.6 Å². The summed E-state index contributed by atoms with van der Waals surface area (Å²) in [5, 5.41) is 15.0. The lowest BCUT2D eigenvalue weighted by Gasteiger charge is -2.24. The molecular formula is C15H17F2N3O3. The summed E-state index contributed by atoms with van der Waals surface area (Å²) >= 11 is 0.